The van der Waals surface area contributed by atoms with Crippen LogP contribution in [0.25, 0.3) is 0 Å². The first kappa shape index (κ1) is 17.1. The summed E-state index contributed by atoms with van der Waals surface area (Å²) in [6, 6.07) is 0. The van der Waals surface area contributed by atoms with Crippen molar-refractivity contribution in [3.63, 3.8) is 0 Å². The van der Waals surface area contributed by atoms with Crippen LogP contribution in [0.4, 0.5) is 8.78 Å². The van der Waals surface area contributed by atoms with E-state index in [1.807, 2.05) is 0 Å². The summed E-state index contributed by atoms with van der Waals surface area (Å²) in [6.07, 6.45) is 6.39. The van der Waals surface area contributed by atoms with E-state index in [1.54, 1.807) is 0 Å². The zero-order valence-electron chi connectivity index (χ0n) is 14.1. The fraction of sp³-hybridized carbons (Fsp3) is 0.944. The predicted octanol–water partition coefficient (Wildman–Crippen LogP) is 3.79. The van der Waals surface area contributed by atoms with E-state index in [-0.39, 0.29) is 17.8 Å². The van der Waals surface area contributed by atoms with E-state index in [9.17, 15) is 18.7 Å². The van der Waals surface area contributed by atoms with Crippen LogP contribution in [0.15, 0.2) is 0 Å². The van der Waals surface area contributed by atoms with Crippen LogP contribution in [0.1, 0.15) is 58.8 Å². The summed E-state index contributed by atoms with van der Waals surface area (Å²) in [5, 5.41) is 11.3. The van der Waals surface area contributed by atoms with Crippen LogP contribution in [0, 0.1) is 29.6 Å². The zero-order valence-corrected chi connectivity index (χ0v) is 14.1. The number of hydrogen-bond donors (Lipinski definition) is 1. The van der Waals surface area contributed by atoms with E-state index in [4.69, 9.17) is 4.74 Å². The molecule has 4 saturated carbocycles. The fourth-order valence-electron chi connectivity index (χ4n) is 5.53. The summed E-state index contributed by atoms with van der Waals surface area (Å²) in [7, 11) is 0. The van der Waals surface area contributed by atoms with Gasteiger partial charge in [0.25, 0.3) is 5.92 Å². The summed E-state index contributed by atoms with van der Waals surface area (Å²) < 4.78 is 30.9. The van der Waals surface area contributed by atoms with E-state index in [0.29, 0.717) is 12.3 Å². The monoisotopic (exact) mass is 330 g/mol. The Hall–Kier alpha value is -0.710. The average Bonchev–Trinajstić information content (AvgIpc) is 2.47. The molecule has 4 rings (SSSR count). The molecule has 0 aliphatic heterocycles. The SMILES string of the molecule is CCCCC1(O)C2CC3CC(C2)C(C(=O)OCC(C)(F)F)C1C3. The molecule has 5 heteroatoms. The second-order valence-corrected chi connectivity index (χ2v) is 8.17. The normalized spacial score (nSPS) is 42.0. The largest absolute Gasteiger partial charge is 0.459 e. The molecule has 4 aliphatic carbocycles. The minimum atomic E-state index is -3.00. The molecule has 0 aromatic heterocycles. The van der Waals surface area contributed by atoms with Gasteiger partial charge in [-0.1, -0.05) is 19.8 Å². The number of carbonyl (C=O) groups is 1. The molecule has 0 heterocycles. The zero-order chi connectivity index (χ0) is 16.8. The maximum atomic E-state index is 13.0. The molecule has 6 unspecified atom stereocenters. The van der Waals surface area contributed by atoms with E-state index in [2.05, 4.69) is 6.92 Å². The number of rotatable bonds is 6. The molecule has 0 aromatic carbocycles. The Morgan fingerprint density at radius 2 is 2.04 bits per heavy atom. The molecule has 3 nitrogen and oxygen atoms in total. The maximum Gasteiger partial charge on any atom is 0.309 e. The minimum Gasteiger partial charge on any atom is -0.459 e. The number of hydrogen-bond acceptors (Lipinski definition) is 3. The first-order valence-electron chi connectivity index (χ1n) is 9.01. The third kappa shape index (κ3) is 3.13. The van der Waals surface area contributed by atoms with Crippen LogP contribution in [0.5, 0.6) is 0 Å². The number of aliphatic hydroxyl groups is 1. The van der Waals surface area contributed by atoms with Crippen LogP contribution in [-0.2, 0) is 9.53 Å². The van der Waals surface area contributed by atoms with Gasteiger partial charge < -0.3 is 9.84 Å². The van der Waals surface area contributed by atoms with Crippen molar-refractivity contribution in [1.82, 2.24) is 0 Å². The molecule has 0 amide bonds. The second-order valence-electron chi connectivity index (χ2n) is 8.17. The van der Waals surface area contributed by atoms with Crippen LogP contribution in [0.3, 0.4) is 0 Å². The minimum absolute atomic E-state index is 0.108. The van der Waals surface area contributed by atoms with Gasteiger partial charge in [-0.25, -0.2) is 8.78 Å². The van der Waals surface area contributed by atoms with Gasteiger partial charge in [0.05, 0.1) is 11.5 Å². The van der Waals surface area contributed by atoms with Crippen molar-refractivity contribution in [3.8, 4) is 0 Å². The number of alkyl halides is 2. The van der Waals surface area contributed by atoms with Crippen LogP contribution in [0.2, 0.25) is 0 Å². The maximum absolute atomic E-state index is 13.0. The van der Waals surface area contributed by atoms with Gasteiger partial charge in [-0.2, -0.15) is 0 Å². The Bertz CT molecular complexity index is 462. The standard InChI is InChI=1S/C18H28F2O3/c1-3-4-5-18(22)13-7-11-6-12(9-13)15(14(18)8-11)16(21)23-10-17(2,19)20/h11-15,22H,3-10H2,1-2H3. The lowest BCUT2D eigenvalue weighted by molar-refractivity contribution is -0.218. The highest BCUT2D eigenvalue weighted by molar-refractivity contribution is 5.74. The Labute approximate surface area is 136 Å². The molecular formula is C18H28F2O3. The number of halogens is 2. The second kappa shape index (κ2) is 5.98. The highest BCUT2D eigenvalue weighted by Crippen LogP contribution is 2.62. The molecule has 132 valence electrons. The number of unbranched alkanes of at least 4 members (excludes halogenated alkanes) is 1. The Balaban J connectivity index is 1.76. The van der Waals surface area contributed by atoms with Gasteiger partial charge in [-0.3, -0.25) is 4.79 Å². The van der Waals surface area contributed by atoms with E-state index in [0.717, 1.165) is 45.4 Å². The first-order valence-corrected chi connectivity index (χ1v) is 9.01. The molecule has 0 aromatic rings. The topological polar surface area (TPSA) is 46.5 Å². The lowest BCUT2D eigenvalue weighted by Crippen LogP contribution is -2.63. The number of ether oxygens (including phenoxy) is 1. The van der Waals surface area contributed by atoms with E-state index in [1.165, 1.54) is 0 Å². The molecule has 0 spiro atoms. The lowest BCUT2D eigenvalue weighted by atomic mass is 9.45. The number of esters is 1. The molecule has 0 saturated heterocycles. The smallest absolute Gasteiger partial charge is 0.309 e. The van der Waals surface area contributed by atoms with Crippen molar-refractivity contribution in [3.05, 3.63) is 0 Å². The molecule has 4 bridgehead atoms. The summed E-state index contributed by atoms with van der Waals surface area (Å²) >= 11 is 0. The molecule has 23 heavy (non-hydrogen) atoms. The summed E-state index contributed by atoms with van der Waals surface area (Å²) in [5.74, 6) is -2.96. The predicted molar refractivity (Wildman–Crippen MR) is 82.0 cm³/mol. The van der Waals surface area contributed by atoms with Crippen molar-refractivity contribution in [1.29, 1.82) is 0 Å². The first-order chi connectivity index (χ1) is 10.7. The van der Waals surface area contributed by atoms with Crippen LogP contribution >= 0.6 is 0 Å². The van der Waals surface area contributed by atoms with Gasteiger partial charge in [0.2, 0.25) is 0 Å². The van der Waals surface area contributed by atoms with Gasteiger partial charge >= 0.3 is 5.97 Å². The van der Waals surface area contributed by atoms with E-state index < -0.39 is 30.0 Å². The Morgan fingerprint density at radius 3 is 2.70 bits per heavy atom. The molecular weight excluding hydrogens is 302 g/mol. The highest BCUT2D eigenvalue weighted by Gasteiger charge is 2.62. The average molecular weight is 330 g/mol. The van der Waals surface area contributed by atoms with Crippen molar-refractivity contribution >= 4 is 5.97 Å². The summed E-state index contributed by atoms with van der Waals surface area (Å²) in [5.41, 5.74) is -0.804. The fourth-order valence-corrected chi connectivity index (χ4v) is 5.53. The number of carbonyl (C=O) groups excluding carboxylic acids is 1. The van der Waals surface area contributed by atoms with Crippen molar-refractivity contribution in [2.45, 2.75) is 70.3 Å². The molecule has 6 atom stereocenters. The van der Waals surface area contributed by atoms with Crippen molar-refractivity contribution in [2.24, 2.45) is 29.6 Å². The van der Waals surface area contributed by atoms with E-state index >= 15 is 0 Å². The van der Waals surface area contributed by atoms with Crippen molar-refractivity contribution < 1.29 is 23.4 Å². The highest BCUT2D eigenvalue weighted by atomic mass is 19.3. The molecule has 0 radical (unpaired) electrons. The molecule has 4 fully saturated rings. The van der Waals surface area contributed by atoms with Gasteiger partial charge in [0, 0.05) is 12.8 Å². The molecule has 4 aliphatic rings. The summed E-state index contributed by atoms with van der Waals surface area (Å²) in [6.45, 7) is 1.99. The summed E-state index contributed by atoms with van der Waals surface area (Å²) in [4.78, 5) is 12.5. The van der Waals surface area contributed by atoms with Crippen LogP contribution < -0.4 is 0 Å². The Morgan fingerprint density at radius 1 is 1.30 bits per heavy atom. The van der Waals surface area contributed by atoms with Gasteiger partial charge in [0.1, 0.15) is 0 Å². The third-order valence-electron chi connectivity index (χ3n) is 6.39. The lowest BCUT2D eigenvalue weighted by Gasteiger charge is -2.61. The van der Waals surface area contributed by atoms with Crippen molar-refractivity contribution in [2.75, 3.05) is 6.61 Å². The third-order valence-corrected chi connectivity index (χ3v) is 6.39. The van der Waals surface area contributed by atoms with Gasteiger partial charge in [-0.05, 0) is 49.9 Å². The van der Waals surface area contributed by atoms with Crippen LogP contribution in [-0.4, -0.2) is 29.2 Å². The quantitative estimate of drug-likeness (QED) is 0.754. The Kier molecular flexibility index (Phi) is 4.45. The van der Waals surface area contributed by atoms with Gasteiger partial charge in [0.15, 0.2) is 6.61 Å². The van der Waals surface area contributed by atoms with Gasteiger partial charge in [-0.15, -0.1) is 0 Å². The molecule has 1 N–H and O–H groups in total.